The lowest BCUT2D eigenvalue weighted by Crippen LogP contribution is -2.38. The van der Waals surface area contributed by atoms with Crippen molar-refractivity contribution in [2.45, 2.75) is 32.8 Å². The molecule has 1 N–H and O–H groups in total. The highest BCUT2D eigenvalue weighted by Gasteiger charge is 2.32. The summed E-state index contributed by atoms with van der Waals surface area (Å²) in [6, 6.07) is 8.49. The predicted molar refractivity (Wildman–Crippen MR) is 96.6 cm³/mol. The average Bonchev–Trinajstić information content (AvgIpc) is 2.71. The number of benzene rings is 1. The highest BCUT2D eigenvalue weighted by Crippen LogP contribution is 2.31. The van der Waals surface area contributed by atoms with Crippen LogP contribution in [0.25, 0.3) is 11.3 Å². The molecule has 7 heteroatoms. The first-order chi connectivity index (χ1) is 12.3. The van der Waals surface area contributed by atoms with E-state index >= 15 is 0 Å². The lowest BCUT2D eigenvalue weighted by atomic mass is 10.0. The molecule has 0 saturated carbocycles. The number of hydrogen-bond acceptors (Lipinski definition) is 5. The van der Waals surface area contributed by atoms with Crippen LogP contribution >= 0.6 is 0 Å². The number of fused-ring (bicyclic) bond motifs is 1. The van der Waals surface area contributed by atoms with Crippen LogP contribution in [0.15, 0.2) is 46.0 Å². The lowest BCUT2D eigenvalue weighted by molar-refractivity contribution is -0.136. The summed E-state index contributed by atoms with van der Waals surface area (Å²) >= 11 is 0. The molecule has 0 bridgehead atoms. The first-order valence-corrected chi connectivity index (χ1v) is 8.35. The molecule has 1 aliphatic rings. The Bertz CT molecular complexity index is 983. The quantitative estimate of drug-likeness (QED) is 0.850. The average molecular weight is 356 g/mol. The minimum absolute atomic E-state index is 0.00234. The van der Waals surface area contributed by atoms with E-state index in [2.05, 4.69) is 4.98 Å². The van der Waals surface area contributed by atoms with Gasteiger partial charge in [-0.15, -0.1) is 0 Å². The van der Waals surface area contributed by atoms with Crippen molar-refractivity contribution in [3.8, 4) is 11.6 Å². The number of rotatable bonds is 3. The molecule has 0 saturated heterocycles. The fraction of sp³-hybridized carbons (Fsp3) is 0.316. The van der Waals surface area contributed by atoms with Crippen LogP contribution in [0.1, 0.15) is 32.8 Å². The van der Waals surface area contributed by atoms with E-state index < -0.39 is 22.8 Å². The van der Waals surface area contributed by atoms with E-state index in [9.17, 15) is 14.4 Å². The van der Waals surface area contributed by atoms with Gasteiger partial charge in [-0.05, 0) is 32.9 Å². The third kappa shape index (κ3) is 3.20. The van der Waals surface area contributed by atoms with Gasteiger partial charge in [0.2, 0.25) is 5.88 Å². The van der Waals surface area contributed by atoms with Gasteiger partial charge in [-0.1, -0.05) is 24.3 Å². The van der Waals surface area contributed by atoms with Crippen LogP contribution in [-0.4, -0.2) is 27.7 Å². The number of nitrogens with zero attached hydrogens (tertiary/aromatic N) is 1. The fourth-order valence-corrected chi connectivity index (χ4v) is 2.80. The number of carbonyl (C=O) groups excluding carboxylic acids is 1. The monoisotopic (exact) mass is 356 g/mol. The number of nitrogens with one attached hydrogen (secondary N) is 1. The summed E-state index contributed by atoms with van der Waals surface area (Å²) in [4.78, 5) is 40.7. The van der Waals surface area contributed by atoms with Crippen molar-refractivity contribution in [2.24, 2.45) is 0 Å². The first-order valence-electron chi connectivity index (χ1n) is 8.35. The maximum atomic E-state index is 13.1. The second kappa shape index (κ2) is 6.67. The zero-order valence-electron chi connectivity index (χ0n) is 14.9. The van der Waals surface area contributed by atoms with E-state index in [0.717, 1.165) is 4.57 Å². The van der Waals surface area contributed by atoms with Crippen molar-refractivity contribution in [2.75, 3.05) is 6.61 Å². The van der Waals surface area contributed by atoms with Gasteiger partial charge in [0.1, 0.15) is 11.2 Å². The predicted octanol–water partition coefficient (Wildman–Crippen LogP) is 2.03. The van der Waals surface area contributed by atoms with E-state index in [1.807, 2.05) is 13.8 Å². The number of aromatic nitrogens is 2. The van der Waals surface area contributed by atoms with E-state index in [-0.39, 0.29) is 23.6 Å². The minimum Gasteiger partial charge on any atom is -0.472 e. The summed E-state index contributed by atoms with van der Waals surface area (Å²) in [7, 11) is 0. The van der Waals surface area contributed by atoms with E-state index in [4.69, 9.17) is 9.47 Å². The van der Waals surface area contributed by atoms with Crippen molar-refractivity contribution in [3.63, 3.8) is 0 Å². The van der Waals surface area contributed by atoms with E-state index in [1.165, 1.54) is 0 Å². The first kappa shape index (κ1) is 17.7. The van der Waals surface area contributed by atoms with Crippen molar-refractivity contribution in [1.29, 1.82) is 0 Å². The highest BCUT2D eigenvalue weighted by molar-refractivity contribution is 6.17. The van der Waals surface area contributed by atoms with Gasteiger partial charge in [0.05, 0.1) is 17.9 Å². The van der Waals surface area contributed by atoms with Gasteiger partial charge in [0.25, 0.3) is 5.56 Å². The maximum absolute atomic E-state index is 13.1. The molecule has 7 nitrogen and oxygen atoms in total. The fourth-order valence-electron chi connectivity index (χ4n) is 2.80. The van der Waals surface area contributed by atoms with Crippen molar-refractivity contribution < 1.29 is 14.3 Å². The van der Waals surface area contributed by atoms with Gasteiger partial charge in [-0.25, -0.2) is 14.2 Å². The molecule has 1 aliphatic heterocycles. The second-order valence-electron chi connectivity index (χ2n) is 6.51. The normalized spacial score (nSPS) is 15.3. The third-order valence-corrected chi connectivity index (χ3v) is 4.02. The molecule has 0 aliphatic carbocycles. The van der Waals surface area contributed by atoms with Gasteiger partial charge >= 0.3 is 11.7 Å². The van der Waals surface area contributed by atoms with Crippen molar-refractivity contribution in [3.05, 3.63) is 62.8 Å². The Balaban J connectivity index is 2.31. The maximum Gasteiger partial charge on any atom is 0.338 e. The molecule has 0 radical (unpaired) electrons. The van der Waals surface area contributed by atoms with E-state index in [0.29, 0.717) is 12.1 Å². The Kier molecular flexibility index (Phi) is 4.54. The molecule has 0 spiro atoms. The van der Waals surface area contributed by atoms with Crippen LogP contribution in [0.2, 0.25) is 0 Å². The summed E-state index contributed by atoms with van der Waals surface area (Å²) < 4.78 is 11.9. The smallest absolute Gasteiger partial charge is 0.338 e. The molecule has 0 atom stereocenters. The minimum atomic E-state index is -0.697. The molecule has 1 aromatic heterocycles. The number of para-hydroxylation sites is 1. The molecule has 136 valence electrons. The van der Waals surface area contributed by atoms with Gasteiger partial charge in [0, 0.05) is 6.42 Å². The molecule has 2 aromatic rings. The van der Waals surface area contributed by atoms with Crippen LogP contribution in [0, 0.1) is 0 Å². The number of ether oxygens (including phenoxy) is 2. The zero-order valence-corrected chi connectivity index (χ0v) is 14.9. The molecular formula is C19H20N2O5. The molecule has 26 heavy (non-hydrogen) atoms. The third-order valence-electron chi connectivity index (χ3n) is 4.02. The Morgan fingerprint density at radius 3 is 2.62 bits per heavy atom. The van der Waals surface area contributed by atoms with Crippen molar-refractivity contribution >= 4 is 11.5 Å². The van der Waals surface area contributed by atoms with E-state index in [1.54, 1.807) is 43.3 Å². The Hall–Kier alpha value is -3.09. The standard InChI is InChI=1S/C19H20N2O5/c1-4-25-17(23)13-10-11-19(2,3)26-15-14(13)16(22)21(18(24)20-15)12-8-6-5-7-9-12/h5-10H,4,11H2,1-3H3,(H,20,24). The molecule has 2 heterocycles. The van der Waals surface area contributed by atoms with Crippen LogP contribution in [0.3, 0.4) is 0 Å². The Labute approximate surface area is 149 Å². The molecule has 0 fully saturated rings. The number of esters is 1. The van der Waals surface area contributed by atoms with Crippen LogP contribution in [-0.2, 0) is 9.53 Å². The van der Waals surface area contributed by atoms with Gasteiger partial charge in [0.15, 0.2) is 0 Å². The topological polar surface area (TPSA) is 90.4 Å². The van der Waals surface area contributed by atoms with Crippen LogP contribution in [0.5, 0.6) is 5.88 Å². The van der Waals surface area contributed by atoms with Crippen molar-refractivity contribution in [1.82, 2.24) is 9.55 Å². The summed E-state index contributed by atoms with van der Waals surface area (Å²) in [6.45, 7) is 5.47. The van der Waals surface area contributed by atoms with Gasteiger partial charge < -0.3 is 9.47 Å². The molecule has 0 unspecified atom stereocenters. The Morgan fingerprint density at radius 2 is 1.96 bits per heavy atom. The van der Waals surface area contributed by atoms with Crippen LogP contribution in [0.4, 0.5) is 0 Å². The van der Waals surface area contributed by atoms with Crippen LogP contribution < -0.4 is 16.0 Å². The second-order valence-corrected chi connectivity index (χ2v) is 6.51. The molecule has 3 rings (SSSR count). The molecule has 0 amide bonds. The number of hydrogen-bond donors (Lipinski definition) is 1. The number of carbonyl (C=O) groups is 1. The number of aromatic amines is 1. The largest absolute Gasteiger partial charge is 0.472 e. The number of H-pyrrole nitrogens is 1. The summed E-state index contributed by atoms with van der Waals surface area (Å²) in [5.74, 6) is -0.646. The molecular weight excluding hydrogens is 336 g/mol. The molecule has 1 aromatic carbocycles. The summed E-state index contributed by atoms with van der Waals surface area (Å²) in [5, 5.41) is 0. The zero-order chi connectivity index (χ0) is 18.9. The highest BCUT2D eigenvalue weighted by atomic mass is 16.5. The summed E-state index contributed by atoms with van der Waals surface area (Å²) in [6.07, 6.45) is 2.00. The lowest BCUT2D eigenvalue weighted by Gasteiger charge is -2.23. The SMILES string of the molecule is CCOC(=O)C1=CCC(C)(C)Oc2[nH]c(=O)n(-c3ccccc3)c(=O)c21. The van der Waals surface area contributed by atoms with Gasteiger partial charge in [-0.2, -0.15) is 0 Å². The Morgan fingerprint density at radius 1 is 1.27 bits per heavy atom. The summed E-state index contributed by atoms with van der Waals surface area (Å²) in [5.41, 5.74) is -1.48. The van der Waals surface area contributed by atoms with Gasteiger partial charge in [-0.3, -0.25) is 9.78 Å².